The molecule has 31 heavy (non-hydrogen) atoms. The standard InChI is InChI=1S/C28H19Cl2N/c29-23-13-11-22(12-14-23)28-26(20-7-3-1-4-8-20)19-27(21-9-5-2-6-10-21)31(28)25-17-15-24(30)16-18-25/h1-19H. The van der Waals surface area contributed by atoms with Crippen molar-refractivity contribution < 1.29 is 0 Å². The molecule has 0 amide bonds. The van der Waals surface area contributed by atoms with Crippen molar-refractivity contribution in [2.75, 3.05) is 0 Å². The maximum absolute atomic E-state index is 6.21. The van der Waals surface area contributed by atoms with Crippen LogP contribution in [-0.2, 0) is 0 Å². The molecule has 0 aliphatic rings. The van der Waals surface area contributed by atoms with Crippen LogP contribution in [0.25, 0.3) is 39.3 Å². The lowest BCUT2D eigenvalue weighted by Gasteiger charge is -2.16. The Labute approximate surface area is 192 Å². The summed E-state index contributed by atoms with van der Waals surface area (Å²) in [4.78, 5) is 0. The molecule has 0 fully saturated rings. The molecule has 0 spiro atoms. The van der Waals surface area contributed by atoms with Gasteiger partial charge in [0.25, 0.3) is 0 Å². The Morgan fingerprint density at radius 2 is 1.00 bits per heavy atom. The van der Waals surface area contributed by atoms with Crippen LogP contribution in [0.4, 0.5) is 0 Å². The van der Waals surface area contributed by atoms with Gasteiger partial charge < -0.3 is 4.57 Å². The Balaban J connectivity index is 1.88. The zero-order valence-electron chi connectivity index (χ0n) is 16.7. The molecule has 0 atom stereocenters. The number of nitrogens with zero attached hydrogens (tertiary/aromatic N) is 1. The first kappa shape index (κ1) is 19.7. The highest BCUT2D eigenvalue weighted by molar-refractivity contribution is 6.30. The molecular weight excluding hydrogens is 421 g/mol. The molecule has 1 heterocycles. The summed E-state index contributed by atoms with van der Waals surface area (Å²) in [6, 6.07) is 39.2. The lowest BCUT2D eigenvalue weighted by atomic mass is 10.0. The highest BCUT2D eigenvalue weighted by atomic mass is 35.5. The Hall–Kier alpha value is -3.26. The first-order valence-corrected chi connectivity index (χ1v) is 10.8. The number of hydrogen-bond donors (Lipinski definition) is 0. The van der Waals surface area contributed by atoms with E-state index in [1.165, 1.54) is 0 Å². The average Bonchev–Trinajstić information content (AvgIpc) is 3.22. The summed E-state index contributed by atoms with van der Waals surface area (Å²) >= 11 is 12.4. The largest absolute Gasteiger partial charge is 0.309 e. The van der Waals surface area contributed by atoms with Crippen molar-refractivity contribution in [2.45, 2.75) is 0 Å². The summed E-state index contributed by atoms with van der Waals surface area (Å²) in [5, 5.41) is 1.44. The molecule has 150 valence electrons. The minimum Gasteiger partial charge on any atom is -0.309 e. The van der Waals surface area contributed by atoms with Gasteiger partial charge in [-0.3, -0.25) is 0 Å². The van der Waals surface area contributed by atoms with Crippen LogP contribution in [0.3, 0.4) is 0 Å². The molecule has 5 aromatic rings. The second kappa shape index (κ2) is 8.47. The third kappa shape index (κ3) is 3.90. The van der Waals surface area contributed by atoms with Gasteiger partial charge in [0, 0.05) is 21.3 Å². The summed E-state index contributed by atoms with van der Waals surface area (Å²) in [7, 11) is 0. The molecule has 0 saturated heterocycles. The van der Waals surface area contributed by atoms with Crippen molar-refractivity contribution in [3.8, 4) is 39.3 Å². The maximum atomic E-state index is 6.21. The summed E-state index contributed by atoms with van der Waals surface area (Å²) in [6.45, 7) is 0. The fourth-order valence-corrected chi connectivity index (χ4v) is 4.17. The molecule has 0 aliphatic heterocycles. The molecule has 0 radical (unpaired) electrons. The maximum Gasteiger partial charge on any atom is 0.0613 e. The van der Waals surface area contributed by atoms with E-state index >= 15 is 0 Å². The van der Waals surface area contributed by atoms with Crippen molar-refractivity contribution in [2.24, 2.45) is 0 Å². The molecule has 0 aliphatic carbocycles. The van der Waals surface area contributed by atoms with E-state index in [-0.39, 0.29) is 0 Å². The van der Waals surface area contributed by atoms with Gasteiger partial charge in [-0.1, -0.05) is 96.0 Å². The quantitative estimate of drug-likeness (QED) is 0.263. The summed E-state index contributed by atoms with van der Waals surface area (Å²) in [5.41, 5.74) is 7.86. The van der Waals surface area contributed by atoms with E-state index in [0.717, 1.165) is 44.4 Å². The summed E-state index contributed by atoms with van der Waals surface area (Å²) in [5.74, 6) is 0. The number of aromatic nitrogens is 1. The van der Waals surface area contributed by atoms with Crippen molar-refractivity contribution in [3.63, 3.8) is 0 Å². The molecule has 5 rings (SSSR count). The third-order valence-electron chi connectivity index (χ3n) is 5.36. The van der Waals surface area contributed by atoms with Gasteiger partial charge in [-0.2, -0.15) is 0 Å². The van der Waals surface area contributed by atoms with Crippen molar-refractivity contribution in [3.05, 3.63) is 125 Å². The zero-order valence-corrected chi connectivity index (χ0v) is 18.2. The predicted molar refractivity (Wildman–Crippen MR) is 132 cm³/mol. The minimum atomic E-state index is 0.716. The third-order valence-corrected chi connectivity index (χ3v) is 5.86. The normalized spacial score (nSPS) is 10.9. The molecule has 0 saturated carbocycles. The smallest absolute Gasteiger partial charge is 0.0613 e. The first-order chi connectivity index (χ1) is 15.2. The van der Waals surface area contributed by atoms with Gasteiger partial charge in [0.15, 0.2) is 0 Å². The van der Waals surface area contributed by atoms with Crippen LogP contribution in [0.5, 0.6) is 0 Å². The Morgan fingerprint density at radius 1 is 0.484 bits per heavy atom. The van der Waals surface area contributed by atoms with Crippen LogP contribution in [0.2, 0.25) is 10.0 Å². The van der Waals surface area contributed by atoms with Crippen LogP contribution >= 0.6 is 23.2 Å². The van der Waals surface area contributed by atoms with Crippen LogP contribution in [0.15, 0.2) is 115 Å². The Morgan fingerprint density at radius 3 is 1.58 bits per heavy atom. The molecule has 0 bridgehead atoms. The van der Waals surface area contributed by atoms with E-state index in [0.29, 0.717) is 5.02 Å². The molecule has 0 N–H and O–H groups in total. The minimum absolute atomic E-state index is 0.716. The number of halogens is 2. The van der Waals surface area contributed by atoms with Gasteiger partial charge >= 0.3 is 0 Å². The predicted octanol–water partition coefficient (Wildman–Crippen LogP) is 8.79. The van der Waals surface area contributed by atoms with Crippen LogP contribution in [-0.4, -0.2) is 4.57 Å². The lowest BCUT2D eigenvalue weighted by Crippen LogP contribution is -2.00. The molecule has 0 unspecified atom stereocenters. The van der Waals surface area contributed by atoms with Gasteiger partial charge in [0.05, 0.1) is 11.4 Å². The molecule has 1 aromatic heterocycles. The van der Waals surface area contributed by atoms with Gasteiger partial charge in [-0.05, 0) is 59.2 Å². The van der Waals surface area contributed by atoms with Gasteiger partial charge in [0.2, 0.25) is 0 Å². The van der Waals surface area contributed by atoms with E-state index in [4.69, 9.17) is 23.2 Å². The van der Waals surface area contributed by atoms with Crippen LogP contribution < -0.4 is 0 Å². The van der Waals surface area contributed by atoms with Crippen molar-refractivity contribution in [1.29, 1.82) is 0 Å². The van der Waals surface area contributed by atoms with Crippen LogP contribution in [0.1, 0.15) is 0 Å². The molecule has 1 nitrogen and oxygen atoms in total. The number of benzene rings is 4. The highest BCUT2D eigenvalue weighted by Gasteiger charge is 2.20. The summed E-state index contributed by atoms with van der Waals surface area (Å²) < 4.78 is 2.30. The topological polar surface area (TPSA) is 4.93 Å². The van der Waals surface area contributed by atoms with Gasteiger partial charge in [-0.25, -0.2) is 0 Å². The monoisotopic (exact) mass is 439 g/mol. The second-order valence-corrected chi connectivity index (χ2v) is 8.22. The van der Waals surface area contributed by atoms with Gasteiger partial charge in [-0.15, -0.1) is 0 Å². The van der Waals surface area contributed by atoms with E-state index < -0.39 is 0 Å². The van der Waals surface area contributed by atoms with E-state index in [2.05, 4.69) is 83.4 Å². The molecule has 4 aromatic carbocycles. The first-order valence-electron chi connectivity index (χ1n) is 10.1. The van der Waals surface area contributed by atoms with Crippen LogP contribution in [0, 0.1) is 0 Å². The fraction of sp³-hybridized carbons (Fsp3) is 0. The Kier molecular flexibility index (Phi) is 5.38. The second-order valence-electron chi connectivity index (χ2n) is 7.34. The highest BCUT2D eigenvalue weighted by Crippen LogP contribution is 2.41. The number of rotatable bonds is 4. The van der Waals surface area contributed by atoms with Crippen molar-refractivity contribution >= 4 is 23.2 Å². The lowest BCUT2D eigenvalue weighted by molar-refractivity contribution is 1.10. The number of hydrogen-bond acceptors (Lipinski definition) is 0. The van der Waals surface area contributed by atoms with E-state index in [1.54, 1.807) is 0 Å². The molecule has 3 heteroatoms. The average molecular weight is 440 g/mol. The Bertz CT molecular complexity index is 1200. The summed E-state index contributed by atoms with van der Waals surface area (Å²) in [6.07, 6.45) is 0. The fourth-order valence-electron chi connectivity index (χ4n) is 3.92. The van der Waals surface area contributed by atoms with E-state index in [1.807, 2.05) is 36.4 Å². The zero-order chi connectivity index (χ0) is 21.2. The SMILES string of the molecule is Clc1ccc(-c2c(-c3ccccc3)cc(-c3ccccc3)n2-c2ccc(Cl)cc2)cc1. The molecular formula is C28H19Cl2N. The van der Waals surface area contributed by atoms with Crippen molar-refractivity contribution in [1.82, 2.24) is 4.57 Å². The van der Waals surface area contributed by atoms with Gasteiger partial charge in [0.1, 0.15) is 0 Å². The van der Waals surface area contributed by atoms with E-state index in [9.17, 15) is 0 Å².